The van der Waals surface area contributed by atoms with E-state index in [-0.39, 0.29) is 23.2 Å². The van der Waals surface area contributed by atoms with Crippen LogP contribution >= 0.6 is 11.8 Å². The van der Waals surface area contributed by atoms with E-state index in [0.717, 1.165) is 4.90 Å². The van der Waals surface area contributed by atoms with Crippen LogP contribution < -0.4 is 10.6 Å². The number of rotatable bonds is 6. The number of carbonyl (C=O) groups is 2. The third-order valence-electron chi connectivity index (χ3n) is 3.79. The van der Waals surface area contributed by atoms with Crippen LogP contribution in [0.4, 0.5) is 11.4 Å². The predicted octanol–water partition coefficient (Wildman–Crippen LogP) is 4.02. The van der Waals surface area contributed by atoms with Crippen molar-refractivity contribution in [3.8, 4) is 0 Å². The Morgan fingerprint density at radius 1 is 1.07 bits per heavy atom. The molecule has 0 bridgehead atoms. The lowest BCUT2D eigenvalue weighted by Crippen LogP contribution is -2.30. The number of hydrogen-bond acceptors (Lipinski definition) is 5. The van der Waals surface area contributed by atoms with Gasteiger partial charge < -0.3 is 10.6 Å². The van der Waals surface area contributed by atoms with Crippen molar-refractivity contribution >= 4 is 35.0 Å². The zero-order chi connectivity index (χ0) is 20.1. The summed E-state index contributed by atoms with van der Waals surface area (Å²) in [6.07, 6.45) is 1.83. The number of benzene rings is 2. The van der Waals surface area contributed by atoms with Crippen LogP contribution in [0.25, 0.3) is 0 Å². The molecule has 0 unspecified atom stereocenters. The standard InChI is InChI=1S/C19H21N3O4S/c1-11(2)20-18(23)15-7-5-13(9-12(15)3)21-19(24)16-10-14(27-4)6-8-17(16)22(25)26/h5-11H,1-4H3,(H,20,23)(H,21,24). The number of nitrogens with zero attached hydrogens (tertiary/aromatic N) is 1. The van der Waals surface area contributed by atoms with Crippen LogP contribution in [-0.4, -0.2) is 29.0 Å². The highest BCUT2D eigenvalue weighted by Crippen LogP contribution is 2.26. The van der Waals surface area contributed by atoms with E-state index in [4.69, 9.17) is 0 Å². The van der Waals surface area contributed by atoms with Gasteiger partial charge >= 0.3 is 0 Å². The molecule has 27 heavy (non-hydrogen) atoms. The number of nitro groups is 1. The lowest BCUT2D eigenvalue weighted by atomic mass is 10.1. The highest BCUT2D eigenvalue weighted by Gasteiger charge is 2.21. The number of thioether (sulfide) groups is 1. The van der Waals surface area contributed by atoms with Crippen LogP contribution in [0.5, 0.6) is 0 Å². The Balaban J connectivity index is 2.27. The Hall–Kier alpha value is -2.87. The molecule has 0 aliphatic heterocycles. The van der Waals surface area contributed by atoms with E-state index in [2.05, 4.69) is 10.6 Å². The minimum absolute atomic E-state index is 0.00821. The number of anilines is 1. The summed E-state index contributed by atoms with van der Waals surface area (Å²) in [5.74, 6) is -0.764. The molecule has 0 saturated carbocycles. The molecule has 142 valence electrons. The molecule has 0 saturated heterocycles. The van der Waals surface area contributed by atoms with Crippen molar-refractivity contribution in [1.29, 1.82) is 0 Å². The molecule has 2 aromatic rings. The van der Waals surface area contributed by atoms with Gasteiger partial charge in [-0.3, -0.25) is 19.7 Å². The van der Waals surface area contributed by atoms with Gasteiger partial charge in [-0.2, -0.15) is 0 Å². The lowest BCUT2D eigenvalue weighted by molar-refractivity contribution is -0.385. The first-order valence-electron chi connectivity index (χ1n) is 8.28. The molecule has 8 heteroatoms. The molecule has 7 nitrogen and oxygen atoms in total. The maximum atomic E-state index is 12.6. The van der Waals surface area contributed by atoms with E-state index < -0.39 is 10.8 Å². The molecule has 0 radical (unpaired) electrons. The highest BCUT2D eigenvalue weighted by molar-refractivity contribution is 7.98. The van der Waals surface area contributed by atoms with Crippen molar-refractivity contribution in [1.82, 2.24) is 5.32 Å². The third kappa shape index (κ3) is 5.07. The van der Waals surface area contributed by atoms with Crippen LogP contribution in [0.2, 0.25) is 0 Å². The molecule has 0 aliphatic rings. The predicted molar refractivity (Wildman–Crippen MR) is 107 cm³/mol. The van der Waals surface area contributed by atoms with Crippen LogP contribution in [0.15, 0.2) is 41.3 Å². The number of hydrogen-bond donors (Lipinski definition) is 2. The molecule has 0 spiro atoms. The minimum atomic E-state index is -0.580. The van der Waals surface area contributed by atoms with Crippen molar-refractivity contribution < 1.29 is 14.5 Å². The molecule has 0 aromatic heterocycles. The van der Waals surface area contributed by atoms with Crippen LogP contribution in [0, 0.1) is 17.0 Å². The minimum Gasteiger partial charge on any atom is -0.350 e. The van der Waals surface area contributed by atoms with Crippen LogP contribution in [-0.2, 0) is 0 Å². The lowest BCUT2D eigenvalue weighted by Gasteiger charge is -2.12. The normalized spacial score (nSPS) is 10.6. The van der Waals surface area contributed by atoms with Crippen molar-refractivity contribution in [2.45, 2.75) is 31.7 Å². The molecular formula is C19H21N3O4S. The SMILES string of the molecule is CSc1ccc([N+](=O)[O-])c(C(=O)Nc2ccc(C(=O)NC(C)C)c(C)c2)c1. The smallest absolute Gasteiger partial charge is 0.282 e. The van der Waals surface area contributed by atoms with E-state index in [1.807, 2.05) is 20.1 Å². The number of carbonyl (C=O) groups excluding carboxylic acids is 2. The summed E-state index contributed by atoms with van der Waals surface area (Å²) in [5.41, 5.74) is 1.40. The maximum absolute atomic E-state index is 12.6. The van der Waals surface area contributed by atoms with Crippen LogP contribution in [0.1, 0.15) is 40.1 Å². The Kier molecular flexibility index (Phi) is 6.57. The second-order valence-corrected chi connectivity index (χ2v) is 7.13. The fourth-order valence-corrected chi connectivity index (χ4v) is 2.96. The summed E-state index contributed by atoms with van der Waals surface area (Å²) in [4.78, 5) is 36.1. The Bertz CT molecular complexity index is 897. The number of aryl methyl sites for hydroxylation is 1. The highest BCUT2D eigenvalue weighted by atomic mass is 32.2. The number of nitrogens with one attached hydrogen (secondary N) is 2. The van der Waals surface area contributed by atoms with E-state index in [9.17, 15) is 19.7 Å². The molecule has 0 aliphatic carbocycles. The van der Waals surface area contributed by atoms with Crippen molar-refractivity contribution in [3.05, 3.63) is 63.2 Å². The van der Waals surface area contributed by atoms with Crippen molar-refractivity contribution in [2.75, 3.05) is 11.6 Å². The average Bonchev–Trinajstić information content (AvgIpc) is 2.60. The van der Waals surface area contributed by atoms with Gasteiger partial charge in [0.2, 0.25) is 0 Å². The van der Waals surface area contributed by atoms with Gasteiger partial charge in [-0.15, -0.1) is 11.8 Å². The summed E-state index contributed by atoms with van der Waals surface area (Å²) in [6.45, 7) is 5.51. The molecule has 0 heterocycles. The van der Waals surface area contributed by atoms with Gasteiger partial charge in [0.15, 0.2) is 0 Å². The Morgan fingerprint density at radius 2 is 1.78 bits per heavy atom. The van der Waals surface area contributed by atoms with Crippen molar-refractivity contribution in [3.63, 3.8) is 0 Å². The molecule has 0 atom stereocenters. The first-order chi connectivity index (χ1) is 12.7. The molecule has 2 amide bonds. The first kappa shape index (κ1) is 20.4. The van der Waals surface area contributed by atoms with Crippen molar-refractivity contribution in [2.24, 2.45) is 0 Å². The zero-order valence-corrected chi connectivity index (χ0v) is 16.3. The number of amides is 2. The Morgan fingerprint density at radius 3 is 2.33 bits per heavy atom. The quantitative estimate of drug-likeness (QED) is 0.443. The Labute approximate surface area is 161 Å². The largest absolute Gasteiger partial charge is 0.350 e. The fourth-order valence-electron chi connectivity index (χ4n) is 2.52. The third-order valence-corrected chi connectivity index (χ3v) is 4.52. The summed E-state index contributed by atoms with van der Waals surface area (Å²) in [5, 5.41) is 16.7. The van der Waals surface area contributed by atoms with Crippen LogP contribution in [0.3, 0.4) is 0 Å². The molecule has 0 fully saturated rings. The summed E-state index contributed by atoms with van der Waals surface area (Å²) < 4.78 is 0. The van der Waals surface area contributed by atoms with Gasteiger partial charge in [0.25, 0.3) is 17.5 Å². The summed E-state index contributed by atoms with van der Waals surface area (Å²) in [7, 11) is 0. The summed E-state index contributed by atoms with van der Waals surface area (Å²) in [6, 6.07) is 9.32. The van der Waals surface area contributed by atoms with E-state index in [1.165, 1.54) is 23.9 Å². The monoisotopic (exact) mass is 387 g/mol. The van der Waals surface area contributed by atoms with Gasteiger partial charge in [-0.05, 0) is 62.9 Å². The van der Waals surface area contributed by atoms with Gasteiger partial charge in [-0.25, -0.2) is 0 Å². The van der Waals surface area contributed by atoms with Gasteiger partial charge in [0.05, 0.1) is 4.92 Å². The molecule has 2 rings (SSSR count). The molecule has 2 aromatic carbocycles. The van der Waals surface area contributed by atoms with E-state index >= 15 is 0 Å². The average molecular weight is 387 g/mol. The second kappa shape index (κ2) is 8.68. The second-order valence-electron chi connectivity index (χ2n) is 6.25. The van der Waals surface area contributed by atoms with Gasteiger partial charge in [-0.1, -0.05) is 0 Å². The van der Waals surface area contributed by atoms with E-state index in [0.29, 0.717) is 16.8 Å². The van der Waals surface area contributed by atoms with E-state index in [1.54, 1.807) is 31.2 Å². The maximum Gasteiger partial charge on any atom is 0.282 e. The molecule has 2 N–H and O–H groups in total. The topological polar surface area (TPSA) is 101 Å². The number of nitro benzene ring substituents is 1. The summed E-state index contributed by atoms with van der Waals surface area (Å²) >= 11 is 1.39. The van der Waals surface area contributed by atoms with Gasteiger partial charge in [0, 0.05) is 28.3 Å². The molecular weight excluding hydrogens is 366 g/mol. The zero-order valence-electron chi connectivity index (χ0n) is 15.5. The van der Waals surface area contributed by atoms with Gasteiger partial charge in [0.1, 0.15) is 5.56 Å². The first-order valence-corrected chi connectivity index (χ1v) is 9.50. The fraction of sp³-hybridized carbons (Fsp3) is 0.263.